The average Bonchev–Trinajstić information content (AvgIpc) is 2.65. The molecular weight excluding hydrogens is 412 g/mol. The Balaban J connectivity index is 1.70. The molecule has 0 saturated carbocycles. The molecule has 0 saturated heterocycles. The first-order valence-electron chi connectivity index (χ1n) is 10.0. The van der Waals surface area contributed by atoms with Crippen molar-refractivity contribution in [1.82, 2.24) is 5.43 Å². The van der Waals surface area contributed by atoms with Crippen LogP contribution in [0.4, 0.5) is 0 Å². The summed E-state index contributed by atoms with van der Waals surface area (Å²) >= 11 is 1.55. The van der Waals surface area contributed by atoms with Gasteiger partial charge in [0.25, 0.3) is 0 Å². The van der Waals surface area contributed by atoms with Gasteiger partial charge < -0.3 is 9.47 Å². The molecule has 0 radical (unpaired) electrons. The highest BCUT2D eigenvalue weighted by atomic mass is 32.2. The summed E-state index contributed by atoms with van der Waals surface area (Å²) in [5.74, 6) is 1.10. The van der Waals surface area contributed by atoms with E-state index in [0.717, 1.165) is 11.3 Å². The number of carbonyl (C=O) groups is 2. The maximum atomic E-state index is 11.9. The molecule has 0 atom stereocenters. The van der Waals surface area contributed by atoms with Crippen molar-refractivity contribution in [3.63, 3.8) is 0 Å². The van der Waals surface area contributed by atoms with Gasteiger partial charge in [-0.2, -0.15) is 5.10 Å². The van der Waals surface area contributed by atoms with Crippen molar-refractivity contribution in [2.75, 3.05) is 12.4 Å². The quantitative estimate of drug-likeness (QED) is 0.354. The van der Waals surface area contributed by atoms with Crippen LogP contribution in [0.3, 0.4) is 0 Å². The fraction of sp³-hybridized carbons (Fsp3) is 0.375. The summed E-state index contributed by atoms with van der Waals surface area (Å²) in [5.41, 5.74) is 6.47. The zero-order valence-electron chi connectivity index (χ0n) is 18.7. The second-order valence-corrected chi connectivity index (χ2v) is 9.21. The van der Waals surface area contributed by atoms with Crippen molar-refractivity contribution in [2.24, 2.45) is 5.10 Å². The molecule has 0 aliphatic heterocycles. The van der Waals surface area contributed by atoms with Gasteiger partial charge in [0.2, 0.25) is 5.91 Å². The van der Waals surface area contributed by atoms with Gasteiger partial charge in [-0.3, -0.25) is 4.79 Å². The highest BCUT2D eigenvalue weighted by Gasteiger charge is 2.16. The van der Waals surface area contributed by atoms with Crippen LogP contribution < -0.4 is 10.2 Å². The topological polar surface area (TPSA) is 77.0 Å². The molecule has 0 aliphatic carbocycles. The number of rotatable bonds is 9. The van der Waals surface area contributed by atoms with Crippen molar-refractivity contribution in [3.05, 3.63) is 64.7 Å². The number of esters is 1. The Labute approximate surface area is 188 Å². The number of nitrogens with zero attached hydrogens (tertiary/aromatic N) is 1. The van der Waals surface area contributed by atoms with Gasteiger partial charge in [-0.05, 0) is 70.0 Å². The Morgan fingerprint density at radius 2 is 1.71 bits per heavy atom. The van der Waals surface area contributed by atoms with Crippen LogP contribution in [0, 0.1) is 13.8 Å². The van der Waals surface area contributed by atoms with E-state index in [0.29, 0.717) is 11.5 Å². The van der Waals surface area contributed by atoms with Crippen LogP contribution in [-0.4, -0.2) is 36.1 Å². The molecule has 2 rings (SSSR count). The molecule has 166 valence electrons. The Hall–Kier alpha value is -2.80. The first kappa shape index (κ1) is 24.5. The zero-order chi connectivity index (χ0) is 22.9. The number of carbonyl (C=O) groups excluding carboxylic acids is 2. The molecule has 2 aromatic carbocycles. The molecule has 1 N–H and O–H groups in total. The summed E-state index contributed by atoms with van der Waals surface area (Å²) in [5, 5.41) is 3.99. The van der Waals surface area contributed by atoms with E-state index < -0.39 is 11.6 Å². The molecule has 0 heterocycles. The number of hydrogen-bond acceptors (Lipinski definition) is 6. The molecule has 0 fully saturated rings. The van der Waals surface area contributed by atoms with Crippen molar-refractivity contribution < 1.29 is 19.1 Å². The third-order valence-electron chi connectivity index (χ3n) is 3.84. The summed E-state index contributed by atoms with van der Waals surface area (Å²) in [7, 11) is 0. The first-order valence-corrected chi connectivity index (χ1v) is 11.2. The van der Waals surface area contributed by atoms with Crippen LogP contribution in [0.1, 0.15) is 43.0 Å². The molecular formula is C24H30N2O4S. The Kier molecular flexibility index (Phi) is 9.12. The van der Waals surface area contributed by atoms with Gasteiger partial charge in [-0.25, -0.2) is 10.2 Å². The van der Waals surface area contributed by atoms with Crippen LogP contribution in [-0.2, 0) is 20.1 Å². The van der Waals surface area contributed by atoms with E-state index in [4.69, 9.17) is 9.47 Å². The highest BCUT2D eigenvalue weighted by Crippen LogP contribution is 2.16. The van der Waals surface area contributed by atoms with Gasteiger partial charge in [0.1, 0.15) is 11.4 Å². The third-order valence-corrected chi connectivity index (χ3v) is 4.85. The predicted octanol–water partition coefficient (Wildman–Crippen LogP) is 4.41. The molecule has 0 aliphatic rings. The van der Waals surface area contributed by atoms with E-state index >= 15 is 0 Å². The Bertz CT molecular complexity index is 898. The number of nitrogens with one attached hydrogen (secondary N) is 1. The van der Waals surface area contributed by atoms with E-state index in [1.54, 1.807) is 42.2 Å². The van der Waals surface area contributed by atoms with Crippen molar-refractivity contribution >= 4 is 29.9 Å². The second kappa shape index (κ2) is 11.6. The van der Waals surface area contributed by atoms with Crippen LogP contribution in [0.5, 0.6) is 5.75 Å². The highest BCUT2D eigenvalue weighted by molar-refractivity contribution is 7.99. The number of amides is 1. The minimum absolute atomic E-state index is 0.150. The number of thioether (sulfide) groups is 1. The average molecular weight is 443 g/mol. The van der Waals surface area contributed by atoms with Crippen LogP contribution in [0.15, 0.2) is 47.6 Å². The van der Waals surface area contributed by atoms with E-state index in [9.17, 15) is 9.59 Å². The van der Waals surface area contributed by atoms with Crippen LogP contribution in [0.2, 0.25) is 0 Å². The lowest BCUT2D eigenvalue weighted by Crippen LogP contribution is -2.27. The fourth-order valence-corrected chi connectivity index (χ4v) is 3.54. The number of hydrogen-bond donors (Lipinski definition) is 1. The minimum atomic E-state index is -0.538. The Morgan fingerprint density at radius 1 is 1.06 bits per heavy atom. The molecule has 0 spiro atoms. The lowest BCUT2D eigenvalue weighted by Gasteiger charge is -2.19. The van der Waals surface area contributed by atoms with E-state index in [1.165, 1.54) is 16.7 Å². The number of hydrazone groups is 1. The standard InChI is InChI=1S/C24H30N2O4S/c1-17-10-18(2)12-20(11-17)15-31-16-22(27)26-25-13-19-6-8-21(9-7-19)29-14-23(28)30-24(3,4)5/h6-13H,14-16H2,1-5H3,(H,26,27). The summed E-state index contributed by atoms with van der Waals surface area (Å²) in [6.07, 6.45) is 1.56. The lowest BCUT2D eigenvalue weighted by atomic mass is 10.1. The largest absolute Gasteiger partial charge is 0.482 e. The predicted molar refractivity (Wildman–Crippen MR) is 126 cm³/mol. The SMILES string of the molecule is Cc1cc(C)cc(CSCC(=O)NN=Cc2ccc(OCC(=O)OC(C)(C)C)cc2)c1. The normalized spacial score (nSPS) is 11.4. The van der Waals surface area contributed by atoms with E-state index in [2.05, 4.69) is 42.6 Å². The van der Waals surface area contributed by atoms with E-state index in [1.807, 2.05) is 20.8 Å². The fourth-order valence-electron chi connectivity index (χ4n) is 2.79. The van der Waals surface area contributed by atoms with E-state index in [-0.39, 0.29) is 12.5 Å². The zero-order valence-corrected chi connectivity index (χ0v) is 19.5. The van der Waals surface area contributed by atoms with Crippen molar-refractivity contribution in [3.8, 4) is 5.75 Å². The van der Waals surface area contributed by atoms with Gasteiger partial charge >= 0.3 is 5.97 Å². The molecule has 0 aromatic heterocycles. The monoisotopic (exact) mass is 442 g/mol. The summed E-state index contributed by atoms with van der Waals surface area (Å²) in [6.45, 7) is 9.41. The van der Waals surface area contributed by atoms with Crippen molar-refractivity contribution in [2.45, 2.75) is 46.0 Å². The van der Waals surface area contributed by atoms with Crippen LogP contribution >= 0.6 is 11.8 Å². The molecule has 6 nitrogen and oxygen atoms in total. The maximum absolute atomic E-state index is 11.9. The van der Waals surface area contributed by atoms with Gasteiger partial charge in [0, 0.05) is 5.75 Å². The van der Waals surface area contributed by atoms with Gasteiger partial charge in [-0.15, -0.1) is 11.8 Å². The third kappa shape index (κ3) is 10.2. The molecule has 31 heavy (non-hydrogen) atoms. The smallest absolute Gasteiger partial charge is 0.344 e. The Morgan fingerprint density at radius 3 is 2.32 bits per heavy atom. The summed E-state index contributed by atoms with van der Waals surface area (Å²) in [6, 6.07) is 13.4. The van der Waals surface area contributed by atoms with Gasteiger partial charge in [-0.1, -0.05) is 29.3 Å². The maximum Gasteiger partial charge on any atom is 0.344 e. The second-order valence-electron chi connectivity index (χ2n) is 8.23. The van der Waals surface area contributed by atoms with Crippen molar-refractivity contribution in [1.29, 1.82) is 0 Å². The molecule has 0 unspecified atom stereocenters. The number of benzene rings is 2. The lowest BCUT2D eigenvalue weighted by molar-refractivity contribution is -0.157. The summed E-state index contributed by atoms with van der Waals surface area (Å²) < 4.78 is 10.6. The molecule has 2 aromatic rings. The van der Waals surface area contributed by atoms with Gasteiger partial charge in [0.05, 0.1) is 12.0 Å². The number of aryl methyl sites for hydroxylation is 2. The number of ether oxygens (including phenoxy) is 2. The summed E-state index contributed by atoms with van der Waals surface area (Å²) in [4.78, 5) is 23.6. The van der Waals surface area contributed by atoms with Gasteiger partial charge in [0.15, 0.2) is 6.61 Å². The first-order chi connectivity index (χ1) is 14.6. The molecule has 0 bridgehead atoms. The van der Waals surface area contributed by atoms with Crippen LogP contribution in [0.25, 0.3) is 0 Å². The molecule has 1 amide bonds. The minimum Gasteiger partial charge on any atom is -0.482 e. The molecule has 7 heteroatoms.